The largest absolute Gasteiger partial charge is 0.356 e. The number of nitrogens with zero attached hydrogens (tertiary/aromatic N) is 2. The van der Waals surface area contributed by atoms with Crippen molar-refractivity contribution in [1.29, 1.82) is 0 Å². The van der Waals surface area contributed by atoms with Crippen LogP contribution in [0.4, 0.5) is 13.2 Å². The lowest BCUT2D eigenvalue weighted by molar-refractivity contribution is -0.145. The minimum atomic E-state index is -1.47. The summed E-state index contributed by atoms with van der Waals surface area (Å²) in [6.07, 6.45) is 3.16. The molecule has 1 amide bonds. The third-order valence-electron chi connectivity index (χ3n) is 9.02. The van der Waals surface area contributed by atoms with Crippen molar-refractivity contribution in [3.8, 4) is 0 Å². The molecule has 4 aromatic rings. The fourth-order valence-electron chi connectivity index (χ4n) is 6.95. The molecule has 1 spiro atoms. The lowest BCUT2D eigenvalue weighted by Gasteiger charge is -2.56. The highest BCUT2D eigenvalue weighted by Crippen LogP contribution is 2.55. The molecule has 2 aliphatic rings. The molecule has 3 unspecified atom stereocenters. The van der Waals surface area contributed by atoms with Crippen molar-refractivity contribution in [2.24, 2.45) is 0 Å². The second kappa shape index (κ2) is 9.97. The van der Waals surface area contributed by atoms with Crippen molar-refractivity contribution in [2.75, 3.05) is 20.6 Å². The normalized spacial score (nSPS) is 24.8. The average Bonchev–Trinajstić information content (AvgIpc) is 3.32. The van der Waals surface area contributed by atoms with Crippen LogP contribution in [0.3, 0.4) is 0 Å². The van der Waals surface area contributed by atoms with Crippen LogP contribution >= 0.6 is 0 Å². The lowest BCUT2D eigenvalue weighted by Crippen LogP contribution is -2.63. The Bertz CT molecular complexity index is 1600. The number of halogens is 3. The number of rotatable bonds is 4. The molecule has 1 saturated carbocycles. The van der Waals surface area contributed by atoms with E-state index in [4.69, 9.17) is 0 Å². The van der Waals surface area contributed by atoms with Gasteiger partial charge in [-0.2, -0.15) is 0 Å². The van der Waals surface area contributed by atoms with Crippen molar-refractivity contribution in [1.82, 2.24) is 14.8 Å². The number of fused-ring (bicyclic) bond motifs is 4. The highest BCUT2D eigenvalue weighted by molar-refractivity contribution is 5.94. The highest BCUT2D eigenvalue weighted by Gasteiger charge is 2.58. The van der Waals surface area contributed by atoms with Crippen LogP contribution in [-0.4, -0.2) is 47.5 Å². The predicted octanol–water partition coefficient (Wildman–Crippen LogP) is 6.72. The summed E-state index contributed by atoms with van der Waals surface area (Å²) in [7, 11) is 3.78. The van der Waals surface area contributed by atoms with E-state index in [9.17, 15) is 13.6 Å². The molecule has 40 heavy (non-hydrogen) atoms. The molecule has 1 N–H and O–H groups in total. The van der Waals surface area contributed by atoms with Crippen LogP contribution in [0.2, 0.25) is 0 Å². The van der Waals surface area contributed by atoms with E-state index in [2.05, 4.69) is 4.98 Å². The van der Waals surface area contributed by atoms with Gasteiger partial charge in [-0.05, 0) is 86.5 Å². The molecule has 1 aromatic heterocycles. The van der Waals surface area contributed by atoms with Gasteiger partial charge >= 0.3 is 0 Å². The number of H-pyrrole nitrogens is 1. The molecule has 7 heteroatoms. The standard InChI is InChI=1S/C33H32F3N3O/c1-38(2)32(23-9-6-10-24(34)19-23)16-17-33(29(36)21-32)31-26(27-20-25(35)12-13-28(27)37-31)15-18-39(33)30(40)14-11-22-7-4-3-5-8-22/h3-14,19-20,29,37H,15-18,21H2,1-2H3/b14-11+. The molecule has 3 atom stereocenters. The molecule has 0 radical (unpaired) electrons. The molecular weight excluding hydrogens is 511 g/mol. The monoisotopic (exact) mass is 543 g/mol. The van der Waals surface area contributed by atoms with Crippen LogP contribution < -0.4 is 0 Å². The SMILES string of the molecule is CN(C)C1(c2cccc(F)c2)CCC2(c3[nH]c4ccc(F)cc4c3CCN2C(=O)/C=C/c2ccccc2)C(F)C1. The van der Waals surface area contributed by atoms with Gasteiger partial charge in [0.1, 0.15) is 23.3 Å². The molecule has 0 saturated heterocycles. The van der Waals surface area contributed by atoms with Gasteiger partial charge < -0.3 is 9.88 Å². The molecule has 6 rings (SSSR count). The van der Waals surface area contributed by atoms with Crippen molar-refractivity contribution in [3.63, 3.8) is 0 Å². The maximum atomic E-state index is 17.2. The van der Waals surface area contributed by atoms with E-state index in [1.807, 2.05) is 55.4 Å². The first kappa shape index (κ1) is 26.4. The third kappa shape index (κ3) is 4.15. The van der Waals surface area contributed by atoms with E-state index in [-0.39, 0.29) is 24.0 Å². The zero-order valence-corrected chi connectivity index (χ0v) is 22.6. The van der Waals surface area contributed by atoms with E-state index in [0.717, 1.165) is 22.0 Å². The number of alkyl halides is 1. The number of carbonyl (C=O) groups excluding carboxylic acids is 1. The topological polar surface area (TPSA) is 39.3 Å². The van der Waals surface area contributed by atoms with Gasteiger partial charge in [0.25, 0.3) is 0 Å². The average molecular weight is 544 g/mol. The van der Waals surface area contributed by atoms with Crippen molar-refractivity contribution < 1.29 is 18.0 Å². The number of benzene rings is 3. The molecule has 4 nitrogen and oxygen atoms in total. The Morgan fingerprint density at radius 1 is 1.00 bits per heavy atom. The van der Waals surface area contributed by atoms with Crippen LogP contribution in [-0.2, 0) is 22.3 Å². The van der Waals surface area contributed by atoms with Crippen LogP contribution in [0.25, 0.3) is 17.0 Å². The maximum Gasteiger partial charge on any atom is 0.247 e. The molecule has 0 bridgehead atoms. The summed E-state index contributed by atoms with van der Waals surface area (Å²) in [5, 5.41) is 0.725. The van der Waals surface area contributed by atoms with Crippen molar-refractivity contribution >= 4 is 22.9 Å². The summed E-state index contributed by atoms with van der Waals surface area (Å²) in [6.45, 7) is 0.309. The molecule has 206 valence electrons. The summed E-state index contributed by atoms with van der Waals surface area (Å²) < 4.78 is 45.8. The Hall–Kier alpha value is -3.84. The van der Waals surface area contributed by atoms with Gasteiger partial charge in [-0.25, -0.2) is 13.2 Å². The number of aromatic amines is 1. The van der Waals surface area contributed by atoms with Crippen molar-refractivity contribution in [3.05, 3.63) is 113 Å². The predicted molar refractivity (Wildman–Crippen MR) is 151 cm³/mol. The van der Waals surface area contributed by atoms with Gasteiger partial charge in [-0.3, -0.25) is 9.69 Å². The third-order valence-corrected chi connectivity index (χ3v) is 9.02. The maximum absolute atomic E-state index is 17.2. The molecule has 3 aromatic carbocycles. The first-order valence-corrected chi connectivity index (χ1v) is 13.7. The Kier molecular flexibility index (Phi) is 6.57. The van der Waals surface area contributed by atoms with Crippen LogP contribution in [0.15, 0.2) is 78.9 Å². The number of hydrogen-bond donors (Lipinski definition) is 1. The van der Waals surface area contributed by atoms with Gasteiger partial charge in [0.05, 0.1) is 0 Å². The van der Waals surface area contributed by atoms with Crippen molar-refractivity contribution in [2.45, 2.75) is 42.9 Å². The van der Waals surface area contributed by atoms with E-state index >= 15 is 4.39 Å². The Morgan fingerprint density at radius 3 is 2.50 bits per heavy atom. The smallest absolute Gasteiger partial charge is 0.247 e. The van der Waals surface area contributed by atoms with E-state index in [0.29, 0.717) is 37.1 Å². The highest BCUT2D eigenvalue weighted by atomic mass is 19.1. The fourth-order valence-corrected chi connectivity index (χ4v) is 6.95. The second-order valence-corrected chi connectivity index (χ2v) is 11.2. The minimum Gasteiger partial charge on any atom is -0.356 e. The summed E-state index contributed by atoms with van der Waals surface area (Å²) in [5.41, 5.74) is 1.79. The number of amides is 1. The fraction of sp³-hybridized carbons (Fsp3) is 0.303. The zero-order valence-electron chi connectivity index (χ0n) is 22.6. The van der Waals surface area contributed by atoms with Gasteiger partial charge in [0.2, 0.25) is 5.91 Å². The lowest BCUT2D eigenvalue weighted by atomic mass is 9.64. The van der Waals surface area contributed by atoms with Gasteiger partial charge in [0.15, 0.2) is 0 Å². The zero-order chi connectivity index (χ0) is 28.1. The first-order valence-electron chi connectivity index (χ1n) is 13.7. The molecule has 1 aliphatic carbocycles. The Morgan fingerprint density at radius 2 is 1.77 bits per heavy atom. The van der Waals surface area contributed by atoms with E-state index in [1.54, 1.807) is 23.1 Å². The molecule has 2 heterocycles. The van der Waals surface area contributed by atoms with Gasteiger partial charge in [-0.15, -0.1) is 0 Å². The summed E-state index contributed by atoms with van der Waals surface area (Å²) in [5.74, 6) is -0.995. The molecule has 1 aliphatic heterocycles. The minimum absolute atomic E-state index is 0.0683. The van der Waals surface area contributed by atoms with E-state index in [1.165, 1.54) is 30.3 Å². The Labute approximate surface area is 232 Å². The summed E-state index contributed by atoms with van der Waals surface area (Å²) in [4.78, 5) is 20.8. The van der Waals surface area contributed by atoms with E-state index < -0.39 is 17.2 Å². The Balaban J connectivity index is 1.47. The molecule has 1 fully saturated rings. The summed E-state index contributed by atoms with van der Waals surface area (Å²) >= 11 is 0. The number of carbonyl (C=O) groups is 1. The van der Waals surface area contributed by atoms with Crippen LogP contribution in [0.1, 0.15) is 41.6 Å². The number of aromatic nitrogens is 1. The van der Waals surface area contributed by atoms with Crippen LogP contribution in [0.5, 0.6) is 0 Å². The van der Waals surface area contributed by atoms with Crippen LogP contribution in [0, 0.1) is 11.6 Å². The number of hydrogen-bond acceptors (Lipinski definition) is 2. The summed E-state index contributed by atoms with van der Waals surface area (Å²) in [6, 6.07) is 20.4. The second-order valence-electron chi connectivity index (χ2n) is 11.2. The first-order chi connectivity index (χ1) is 19.2. The van der Waals surface area contributed by atoms with Gasteiger partial charge in [-0.1, -0.05) is 42.5 Å². The van der Waals surface area contributed by atoms with Gasteiger partial charge in [0, 0.05) is 41.2 Å². The number of nitrogens with one attached hydrogen (secondary N) is 1. The quantitative estimate of drug-likeness (QED) is 0.290. The molecular formula is C33H32F3N3O.